The minimum absolute atomic E-state index is 0.0627. The van der Waals surface area contributed by atoms with Crippen molar-refractivity contribution >= 4 is 5.97 Å². The summed E-state index contributed by atoms with van der Waals surface area (Å²) in [5.74, 6) is 0.437. The number of esters is 1. The van der Waals surface area contributed by atoms with Gasteiger partial charge in [-0.2, -0.15) is 0 Å². The molecule has 5 heteroatoms. The molecule has 0 unspecified atom stereocenters. The molecule has 0 bridgehead atoms. The highest BCUT2D eigenvalue weighted by atomic mass is 16.6. The van der Waals surface area contributed by atoms with Gasteiger partial charge < -0.3 is 19.9 Å². The molecule has 5 nitrogen and oxygen atoms in total. The monoisotopic (exact) mass is 265 g/mol. The smallest absolute Gasteiger partial charge is 0.303 e. The average Bonchev–Trinajstić information content (AvgIpc) is 2.72. The molecule has 0 spiro atoms. The zero-order valence-corrected chi connectivity index (χ0v) is 11.1. The molecule has 0 aromatic heterocycles. The topological polar surface area (TPSA) is 67.8 Å². The first-order valence-electron chi connectivity index (χ1n) is 6.31. The Morgan fingerprint density at radius 3 is 2.68 bits per heavy atom. The maximum Gasteiger partial charge on any atom is 0.303 e. The van der Waals surface area contributed by atoms with Crippen molar-refractivity contribution in [3.63, 3.8) is 0 Å². The number of ether oxygens (including phenoxy) is 2. The molecular weight excluding hydrogens is 246 g/mol. The summed E-state index contributed by atoms with van der Waals surface area (Å²) in [6, 6.07) is 7.65. The lowest BCUT2D eigenvalue weighted by Crippen LogP contribution is -2.38. The van der Waals surface area contributed by atoms with Gasteiger partial charge in [0.1, 0.15) is 18.0 Å². The zero-order valence-electron chi connectivity index (χ0n) is 11.1. The van der Waals surface area contributed by atoms with Crippen LogP contribution in [0.1, 0.15) is 12.5 Å². The first kappa shape index (κ1) is 13.8. The summed E-state index contributed by atoms with van der Waals surface area (Å²) >= 11 is 0. The second-order valence-electron chi connectivity index (χ2n) is 4.71. The second-order valence-corrected chi connectivity index (χ2v) is 4.71. The van der Waals surface area contributed by atoms with E-state index >= 15 is 0 Å². The Balaban J connectivity index is 2.02. The van der Waals surface area contributed by atoms with Gasteiger partial charge in [0.25, 0.3) is 0 Å². The van der Waals surface area contributed by atoms with Crippen LogP contribution < -0.4 is 10.1 Å². The number of hydrogen-bond donors (Lipinski definition) is 2. The quantitative estimate of drug-likeness (QED) is 0.776. The van der Waals surface area contributed by atoms with Gasteiger partial charge in [0.2, 0.25) is 0 Å². The minimum atomic E-state index is -0.646. The van der Waals surface area contributed by atoms with Crippen LogP contribution in [0.2, 0.25) is 0 Å². The van der Waals surface area contributed by atoms with E-state index in [2.05, 4.69) is 5.32 Å². The summed E-state index contributed by atoms with van der Waals surface area (Å²) in [7, 11) is 1.63. The molecule has 1 aliphatic rings. The van der Waals surface area contributed by atoms with E-state index in [1.807, 2.05) is 24.3 Å². The molecule has 1 saturated heterocycles. The van der Waals surface area contributed by atoms with Crippen molar-refractivity contribution in [1.29, 1.82) is 0 Å². The molecule has 1 fully saturated rings. The molecule has 104 valence electrons. The number of nitrogens with one attached hydrogen (secondary N) is 1. The molecule has 1 aliphatic heterocycles. The van der Waals surface area contributed by atoms with E-state index in [-0.39, 0.29) is 12.0 Å². The van der Waals surface area contributed by atoms with Gasteiger partial charge in [0, 0.05) is 13.5 Å². The maximum absolute atomic E-state index is 11.0. The average molecular weight is 265 g/mol. The summed E-state index contributed by atoms with van der Waals surface area (Å²) < 4.78 is 10.3. The van der Waals surface area contributed by atoms with Crippen LogP contribution in [0.15, 0.2) is 24.3 Å². The largest absolute Gasteiger partial charge is 0.497 e. The number of carbonyl (C=O) groups excluding carboxylic acids is 1. The van der Waals surface area contributed by atoms with E-state index in [9.17, 15) is 9.90 Å². The third-order valence-electron chi connectivity index (χ3n) is 3.28. The molecule has 0 radical (unpaired) electrons. The summed E-state index contributed by atoms with van der Waals surface area (Å²) in [5, 5.41) is 13.0. The number of methoxy groups -OCH3 is 1. The molecule has 0 amide bonds. The van der Waals surface area contributed by atoms with Gasteiger partial charge in [-0.15, -0.1) is 0 Å². The van der Waals surface area contributed by atoms with Gasteiger partial charge >= 0.3 is 5.97 Å². The predicted molar refractivity (Wildman–Crippen MR) is 70.0 cm³/mol. The number of rotatable bonds is 4. The Morgan fingerprint density at radius 2 is 2.11 bits per heavy atom. The summed E-state index contributed by atoms with van der Waals surface area (Å²) in [6.07, 6.45) is -0.439. The van der Waals surface area contributed by atoms with Crippen molar-refractivity contribution in [3.8, 4) is 5.75 Å². The van der Waals surface area contributed by atoms with E-state index in [4.69, 9.17) is 9.47 Å². The molecule has 1 heterocycles. The van der Waals surface area contributed by atoms with Gasteiger partial charge in [-0.3, -0.25) is 4.79 Å². The van der Waals surface area contributed by atoms with Crippen LogP contribution in [0.25, 0.3) is 0 Å². The fourth-order valence-corrected chi connectivity index (χ4v) is 2.33. The van der Waals surface area contributed by atoms with Crippen LogP contribution >= 0.6 is 0 Å². The molecule has 2 rings (SSSR count). The molecule has 2 N–H and O–H groups in total. The van der Waals surface area contributed by atoms with Gasteiger partial charge in [0.05, 0.1) is 13.2 Å². The maximum atomic E-state index is 11.0. The lowest BCUT2D eigenvalue weighted by molar-refractivity contribution is -0.151. The number of β-amino-alcohol motifs (C(OH)–C–C–N with tert-alkyl or cyclic N) is 1. The van der Waals surface area contributed by atoms with Crippen LogP contribution in [-0.4, -0.2) is 43.0 Å². The summed E-state index contributed by atoms with van der Waals surface area (Å²) in [4.78, 5) is 11.0. The van der Waals surface area contributed by atoms with Gasteiger partial charge in [-0.25, -0.2) is 0 Å². The van der Waals surface area contributed by atoms with Crippen molar-refractivity contribution in [2.75, 3.05) is 13.7 Å². The fourth-order valence-electron chi connectivity index (χ4n) is 2.33. The van der Waals surface area contributed by atoms with Crippen molar-refractivity contribution < 1.29 is 19.4 Å². The molecule has 1 aromatic rings. The first-order valence-corrected chi connectivity index (χ1v) is 6.31. The Hall–Kier alpha value is -1.59. The molecule has 3 atom stereocenters. The van der Waals surface area contributed by atoms with E-state index in [1.165, 1.54) is 6.92 Å². The van der Waals surface area contributed by atoms with Crippen LogP contribution in [0, 0.1) is 0 Å². The Labute approximate surface area is 112 Å². The highest BCUT2D eigenvalue weighted by molar-refractivity contribution is 5.66. The lowest BCUT2D eigenvalue weighted by Gasteiger charge is -2.21. The summed E-state index contributed by atoms with van der Waals surface area (Å²) in [5.41, 5.74) is 1.10. The number of carbonyl (C=O) groups is 1. The third-order valence-corrected chi connectivity index (χ3v) is 3.28. The molecular formula is C14H19NO4. The molecule has 19 heavy (non-hydrogen) atoms. The lowest BCUT2D eigenvalue weighted by atomic mass is 10.0. The van der Waals surface area contributed by atoms with Crippen LogP contribution in [-0.2, 0) is 16.0 Å². The van der Waals surface area contributed by atoms with Crippen LogP contribution in [0.5, 0.6) is 5.75 Å². The number of aliphatic hydroxyl groups excluding tert-OH is 1. The normalized spacial score (nSPS) is 26.2. The molecule has 1 aromatic carbocycles. The van der Waals surface area contributed by atoms with Gasteiger partial charge in [-0.1, -0.05) is 12.1 Å². The van der Waals surface area contributed by atoms with E-state index in [0.717, 1.165) is 11.3 Å². The standard InChI is InChI=1S/C14H19NO4/c1-9(16)19-14-12(15-8-13(14)17)7-10-3-5-11(18-2)6-4-10/h3-6,12-15,17H,7-8H2,1-2H3/t12-,13+,14+/m0/s1. The Kier molecular flexibility index (Phi) is 4.39. The SMILES string of the molecule is COc1ccc(C[C@@H]2NC[C@@H](O)[C@@H]2OC(C)=O)cc1. The van der Waals surface area contributed by atoms with Crippen molar-refractivity contribution in [2.45, 2.75) is 31.6 Å². The van der Waals surface area contributed by atoms with E-state index in [1.54, 1.807) is 7.11 Å². The number of hydrogen-bond acceptors (Lipinski definition) is 5. The number of benzene rings is 1. The van der Waals surface area contributed by atoms with Crippen molar-refractivity contribution in [3.05, 3.63) is 29.8 Å². The fraction of sp³-hybridized carbons (Fsp3) is 0.500. The second kappa shape index (κ2) is 6.04. The van der Waals surface area contributed by atoms with E-state index < -0.39 is 12.2 Å². The summed E-state index contributed by atoms with van der Waals surface area (Å²) in [6.45, 7) is 1.80. The molecule has 0 saturated carbocycles. The van der Waals surface area contributed by atoms with Gasteiger partial charge in [-0.05, 0) is 24.1 Å². The van der Waals surface area contributed by atoms with Gasteiger partial charge in [0.15, 0.2) is 0 Å². The van der Waals surface area contributed by atoms with Crippen molar-refractivity contribution in [2.24, 2.45) is 0 Å². The highest BCUT2D eigenvalue weighted by Crippen LogP contribution is 2.19. The van der Waals surface area contributed by atoms with Crippen molar-refractivity contribution in [1.82, 2.24) is 5.32 Å². The Bertz CT molecular complexity index is 432. The highest BCUT2D eigenvalue weighted by Gasteiger charge is 2.37. The third kappa shape index (κ3) is 3.45. The van der Waals surface area contributed by atoms with E-state index in [0.29, 0.717) is 13.0 Å². The first-order chi connectivity index (χ1) is 9.10. The predicted octanol–water partition coefficient (Wildman–Crippen LogP) is 0.502. The van der Waals surface area contributed by atoms with Crippen LogP contribution in [0.3, 0.4) is 0 Å². The minimum Gasteiger partial charge on any atom is -0.497 e. The van der Waals surface area contributed by atoms with Crippen LogP contribution in [0.4, 0.5) is 0 Å². The molecule has 0 aliphatic carbocycles. The number of aliphatic hydroxyl groups is 1. The Morgan fingerprint density at radius 1 is 1.42 bits per heavy atom. The zero-order chi connectivity index (χ0) is 13.8.